The van der Waals surface area contributed by atoms with Gasteiger partial charge in [-0.3, -0.25) is 4.79 Å². The SMILES string of the molecule is C[C@@H](NC(=O)COC(=O)c1ccc(Cl)cc1)c1ccccc1. The van der Waals surface area contributed by atoms with Gasteiger partial charge in [0, 0.05) is 5.02 Å². The molecule has 2 rings (SSSR count). The van der Waals surface area contributed by atoms with Gasteiger partial charge in [-0.05, 0) is 36.8 Å². The second-order valence-corrected chi connectivity index (χ2v) is 5.22. The minimum Gasteiger partial charge on any atom is -0.452 e. The average molecular weight is 318 g/mol. The van der Waals surface area contributed by atoms with E-state index in [9.17, 15) is 9.59 Å². The number of rotatable bonds is 5. The topological polar surface area (TPSA) is 55.4 Å². The van der Waals surface area contributed by atoms with Gasteiger partial charge in [0.05, 0.1) is 11.6 Å². The summed E-state index contributed by atoms with van der Waals surface area (Å²) >= 11 is 5.74. The van der Waals surface area contributed by atoms with Crippen molar-refractivity contribution in [2.45, 2.75) is 13.0 Å². The lowest BCUT2D eigenvalue weighted by Gasteiger charge is -2.14. The molecule has 0 fully saturated rings. The summed E-state index contributed by atoms with van der Waals surface area (Å²) in [6.45, 7) is 1.55. The number of halogens is 1. The van der Waals surface area contributed by atoms with Crippen LogP contribution in [0.4, 0.5) is 0 Å². The number of amides is 1. The van der Waals surface area contributed by atoms with E-state index in [4.69, 9.17) is 16.3 Å². The van der Waals surface area contributed by atoms with Crippen LogP contribution >= 0.6 is 11.6 Å². The Hall–Kier alpha value is -2.33. The van der Waals surface area contributed by atoms with Gasteiger partial charge in [-0.15, -0.1) is 0 Å². The molecule has 0 spiro atoms. The van der Waals surface area contributed by atoms with Crippen molar-refractivity contribution in [3.63, 3.8) is 0 Å². The lowest BCUT2D eigenvalue weighted by molar-refractivity contribution is -0.124. The summed E-state index contributed by atoms with van der Waals surface area (Å²) in [5.74, 6) is -0.905. The number of hydrogen-bond acceptors (Lipinski definition) is 3. The molecule has 0 aromatic heterocycles. The molecule has 0 heterocycles. The van der Waals surface area contributed by atoms with Gasteiger partial charge >= 0.3 is 5.97 Å². The first-order valence-electron chi connectivity index (χ1n) is 6.83. The molecule has 0 aliphatic carbocycles. The highest BCUT2D eigenvalue weighted by Gasteiger charge is 2.12. The third kappa shape index (κ3) is 4.60. The number of nitrogens with one attached hydrogen (secondary N) is 1. The molecule has 2 aromatic carbocycles. The van der Waals surface area contributed by atoms with E-state index >= 15 is 0 Å². The van der Waals surface area contributed by atoms with Crippen LogP contribution in [0, 0.1) is 0 Å². The van der Waals surface area contributed by atoms with Gasteiger partial charge in [-0.1, -0.05) is 41.9 Å². The Morgan fingerprint density at radius 1 is 1.09 bits per heavy atom. The van der Waals surface area contributed by atoms with Crippen LogP contribution < -0.4 is 5.32 Å². The summed E-state index contributed by atoms with van der Waals surface area (Å²) in [5, 5.41) is 3.31. The van der Waals surface area contributed by atoms with Crippen molar-refractivity contribution < 1.29 is 14.3 Å². The molecule has 0 saturated carbocycles. The van der Waals surface area contributed by atoms with Crippen LogP contribution in [0.2, 0.25) is 5.02 Å². The van der Waals surface area contributed by atoms with Crippen LogP contribution in [-0.4, -0.2) is 18.5 Å². The molecule has 22 heavy (non-hydrogen) atoms. The Labute approximate surface area is 134 Å². The minimum atomic E-state index is -0.556. The fraction of sp³-hybridized carbons (Fsp3) is 0.176. The maximum atomic E-state index is 11.8. The third-order valence-corrected chi connectivity index (χ3v) is 3.34. The van der Waals surface area contributed by atoms with Crippen LogP contribution in [-0.2, 0) is 9.53 Å². The van der Waals surface area contributed by atoms with E-state index in [1.54, 1.807) is 24.3 Å². The minimum absolute atomic E-state index is 0.150. The first kappa shape index (κ1) is 16.0. The Kier molecular flexibility index (Phi) is 5.55. The van der Waals surface area contributed by atoms with Crippen LogP contribution in [0.25, 0.3) is 0 Å². The molecule has 5 heteroatoms. The van der Waals surface area contributed by atoms with E-state index in [-0.39, 0.29) is 18.6 Å². The van der Waals surface area contributed by atoms with Crippen molar-refractivity contribution in [2.24, 2.45) is 0 Å². The fourth-order valence-electron chi connectivity index (χ4n) is 1.91. The van der Waals surface area contributed by atoms with Gasteiger partial charge in [0.2, 0.25) is 0 Å². The van der Waals surface area contributed by atoms with Crippen LogP contribution in [0.3, 0.4) is 0 Å². The monoisotopic (exact) mass is 317 g/mol. The number of hydrogen-bond donors (Lipinski definition) is 1. The predicted molar refractivity (Wildman–Crippen MR) is 84.7 cm³/mol. The summed E-state index contributed by atoms with van der Waals surface area (Å²) in [6, 6.07) is 15.7. The number of benzene rings is 2. The Bertz CT molecular complexity index is 641. The summed E-state index contributed by atoms with van der Waals surface area (Å²) in [7, 11) is 0. The van der Waals surface area contributed by atoms with E-state index in [0.29, 0.717) is 10.6 Å². The van der Waals surface area contributed by atoms with Crippen LogP contribution in [0.5, 0.6) is 0 Å². The van der Waals surface area contributed by atoms with E-state index < -0.39 is 5.97 Å². The van der Waals surface area contributed by atoms with Crippen molar-refractivity contribution in [2.75, 3.05) is 6.61 Å². The van der Waals surface area contributed by atoms with E-state index in [1.807, 2.05) is 37.3 Å². The van der Waals surface area contributed by atoms with Crippen molar-refractivity contribution in [3.8, 4) is 0 Å². The lowest BCUT2D eigenvalue weighted by atomic mass is 10.1. The molecular weight excluding hydrogens is 302 g/mol. The summed E-state index contributed by atoms with van der Waals surface area (Å²) in [4.78, 5) is 23.6. The largest absolute Gasteiger partial charge is 0.452 e. The first-order chi connectivity index (χ1) is 10.6. The van der Waals surface area contributed by atoms with E-state index in [0.717, 1.165) is 5.56 Å². The number of esters is 1. The molecule has 2 aromatic rings. The second kappa shape index (κ2) is 7.61. The van der Waals surface area contributed by atoms with E-state index in [1.165, 1.54) is 0 Å². The molecule has 0 radical (unpaired) electrons. The maximum absolute atomic E-state index is 11.8. The van der Waals surface area contributed by atoms with Gasteiger partial charge in [-0.2, -0.15) is 0 Å². The van der Waals surface area contributed by atoms with Gasteiger partial charge in [0.1, 0.15) is 0 Å². The maximum Gasteiger partial charge on any atom is 0.338 e. The Morgan fingerprint density at radius 2 is 1.73 bits per heavy atom. The quantitative estimate of drug-likeness (QED) is 0.860. The highest BCUT2D eigenvalue weighted by molar-refractivity contribution is 6.30. The highest BCUT2D eigenvalue weighted by Crippen LogP contribution is 2.12. The lowest BCUT2D eigenvalue weighted by Crippen LogP contribution is -2.31. The van der Waals surface area contributed by atoms with Gasteiger partial charge < -0.3 is 10.1 Å². The van der Waals surface area contributed by atoms with Crippen LogP contribution in [0.15, 0.2) is 54.6 Å². The van der Waals surface area contributed by atoms with Gasteiger partial charge in [-0.25, -0.2) is 4.79 Å². The molecular formula is C17H16ClNO3. The summed E-state index contributed by atoms with van der Waals surface area (Å²) in [6.07, 6.45) is 0. The zero-order valence-corrected chi connectivity index (χ0v) is 12.8. The molecule has 0 aliphatic heterocycles. The molecule has 4 nitrogen and oxygen atoms in total. The number of ether oxygens (including phenoxy) is 1. The molecule has 0 aliphatic rings. The molecule has 0 saturated heterocycles. The number of carbonyl (C=O) groups is 2. The molecule has 1 amide bonds. The third-order valence-electron chi connectivity index (χ3n) is 3.09. The molecule has 114 valence electrons. The Morgan fingerprint density at radius 3 is 2.36 bits per heavy atom. The Balaban J connectivity index is 1.82. The predicted octanol–water partition coefficient (Wildman–Crippen LogP) is 3.37. The van der Waals surface area contributed by atoms with Crippen molar-refractivity contribution >= 4 is 23.5 Å². The average Bonchev–Trinajstić information content (AvgIpc) is 2.54. The molecule has 0 unspecified atom stereocenters. The normalized spacial score (nSPS) is 11.5. The van der Waals surface area contributed by atoms with Gasteiger partial charge in [0.25, 0.3) is 5.91 Å². The first-order valence-corrected chi connectivity index (χ1v) is 7.21. The fourth-order valence-corrected chi connectivity index (χ4v) is 2.03. The summed E-state index contributed by atoms with van der Waals surface area (Å²) in [5.41, 5.74) is 1.34. The van der Waals surface area contributed by atoms with Crippen molar-refractivity contribution in [1.29, 1.82) is 0 Å². The second-order valence-electron chi connectivity index (χ2n) is 4.78. The molecule has 1 N–H and O–H groups in total. The molecule has 0 bridgehead atoms. The summed E-state index contributed by atoms with van der Waals surface area (Å²) < 4.78 is 4.97. The van der Waals surface area contributed by atoms with Crippen LogP contribution in [0.1, 0.15) is 28.9 Å². The van der Waals surface area contributed by atoms with Crippen molar-refractivity contribution in [1.82, 2.24) is 5.32 Å². The van der Waals surface area contributed by atoms with Crippen molar-refractivity contribution in [3.05, 3.63) is 70.7 Å². The zero-order chi connectivity index (χ0) is 15.9. The number of carbonyl (C=O) groups excluding carboxylic acids is 2. The van der Waals surface area contributed by atoms with E-state index in [2.05, 4.69) is 5.32 Å². The zero-order valence-electron chi connectivity index (χ0n) is 12.1. The standard InChI is InChI=1S/C17H16ClNO3/c1-12(13-5-3-2-4-6-13)19-16(20)11-22-17(21)14-7-9-15(18)10-8-14/h2-10,12H,11H2,1H3,(H,19,20)/t12-/m1/s1. The molecule has 1 atom stereocenters. The highest BCUT2D eigenvalue weighted by atomic mass is 35.5. The smallest absolute Gasteiger partial charge is 0.338 e. The van der Waals surface area contributed by atoms with Gasteiger partial charge in [0.15, 0.2) is 6.61 Å².